The Morgan fingerprint density at radius 3 is 1.42 bits per heavy atom. The molecule has 0 unspecified atom stereocenters. The van der Waals surface area contributed by atoms with Crippen LogP contribution in [0.2, 0.25) is 0 Å². The van der Waals surface area contributed by atoms with E-state index in [2.05, 4.69) is 175 Å². The van der Waals surface area contributed by atoms with Gasteiger partial charge in [0.2, 0.25) is 5.89 Å². The molecule has 0 aliphatic carbocycles. The van der Waals surface area contributed by atoms with Crippen LogP contribution in [0.3, 0.4) is 0 Å². The normalized spacial score (nSPS) is 11.4. The number of oxazole rings is 1. The minimum absolute atomic E-state index is 0.598. The molecule has 0 spiro atoms. The summed E-state index contributed by atoms with van der Waals surface area (Å²) in [5.74, 6) is 0.598. The number of furan rings is 1. The standard InChI is InChI=1S/C55H36N2O2/c1-5-13-37(14-6-1)38-21-26-44(27-22-38)57(46-30-32-48-50-35-54-51(36-53(50)58-52(48)34-46)56-55(59-54)42-19-11-4-12-20-42)45-28-23-39(24-29-45)43-25-31-47(40-15-7-2-8-16-40)49(33-43)41-17-9-3-10-18-41/h1-36H. The lowest BCUT2D eigenvalue weighted by molar-refractivity contribution is 0.620. The molecule has 0 aliphatic rings. The van der Waals surface area contributed by atoms with Gasteiger partial charge in [-0.3, -0.25) is 0 Å². The molecule has 0 radical (unpaired) electrons. The lowest BCUT2D eigenvalue weighted by Crippen LogP contribution is -2.09. The van der Waals surface area contributed by atoms with Crippen LogP contribution in [0, 0.1) is 0 Å². The number of benzene rings is 9. The van der Waals surface area contributed by atoms with Gasteiger partial charge in [0, 0.05) is 45.5 Å². The Morgan fingerprint density at radius 1 is 0.305 bits per heavy atom. The topological polar surface area (TPSA) is 42.4 Å². The van der Waals surface area contributed by atoms with Crippen molar-refractivity contribution in [2.45, 2.75) is 0 Å². The number of hydrogen-bond donors (Lipinski definition) is 0. The highest BCUT2D eigenvalue weighted by molar-refractivity contribution is 6.10. The zero-order valence-electron chi connectivity index (χ0n) is 32.0. The number of rotatable bonds is 8. The van der Waals surface area contributed by atoms with E-state index in [0.717, 1.165) is 66.8 Å². The third-order valence-corrected chi connectivity index (χ3v) is 11.1. The molecule has 0 N–H and O–H groups in total. The van der Waals surface area contributed by atoms with Gasteiger partial charge in [0.15, 0.2) is 5.58 Å². The molecule has 278 valence electrons. The van der Waals surface area contributed by atoms with Crippen molar-refractivity contribution in [2.75, 3.05) is 4.90 Å². The summed E-state index contributed by atoms with van der Waals surface area (Å²) in [7, 11) is 0. The summed E-state index contributed by atoms with van der Waals surface area (Å²) in [5, 5.41) is 2.01. The van der Waals surface area contributed by atoms with E-state index >= 15 is 0 Å². The molecular weight excluding hydrogens is 721 g/mol. The van der Waals surface area contributed by atoms with E-state index in [1.807, 2.05) is 48.5 Å². The van der Waals surface area contributed by atoms with Crippen molar-refractivity contribution in [3.8, 4) is 56.0 Å². The van der Waals surface area contributed by atoms with Gasteiger partial charge in [-0.05, 0) is 105 Å². The molecule has 0 atom stereocenters. The molecule has 0 aliphatic heterocycles. The van der Waals surface area contributed by atoms with Gasteiger partial charge < -0.3 is 13.7 Å². The van der Waals surface area contributed by atoms with E-state index < -0.39 is 0 Å². The Balaban J connectivity index is 0.989. The number of hydrogen-bond acceptors (Lipinski definition) is 4. The first-order valence-electron chi connectivity index (χ1n) is 19.9. The number of anilines is 3. The summed E-state index contributed by atoms with van der Waals surface area (Å²) in [6, 6.07) is 76.6. The van der Waals surface area contributed by atoms with Crippen LogP contribution in [-0.4, -0.2) is 4.98 Å². The second-order valence-electron chi connectivity index (χ2n) is 14.8. The summed E-state index contributed by atoms with van der Waals surface area (Å²) in [6.45, 7) is 0. The highest BCUT2D eigenvalue weighted by Crippen LogP contribution is 2.42. The molecule has 0 fully saturated rings. The summed E-state index contributed by atoms with van der Waals surface area (Å²) < 4.78 is 12.8. The minimum Gasteiger partial charge on any atom is -0.456 e. The largest absolute Gasteiger partial charge is 0.456 e. The van der Waals surface area contributed by atoms with Gasteiger partial charge in [0.1, 0.15) is 16.7 Å². The maximum atomic E-state index is 6.57. The summed E-state index contributed by atoms with van der Waals surface area (Å²) >= 11 is 0. The fourth-order valence-corrected chi connectivity index (χ4v) is 8.16. The summed E-state index contributed by atoms with van der Waals surface area (Å²) in [6.07, 6.45) is 0. The third kappa shape index (κ3) is 6.43. The SMILES string of the molecule is c1ccc(-c2ccc(N(c3ccc(-c4ccc(-c5ccccc5)c(-c5ccccc5)c4)cc3)c3ccc4c(c3)oc3cc5nc(-c6ccccc6)oc5cc34)cc2)cc1. The summed E-state index contributed by atoms with van der Waals surface area (Å²) in [4.78, 5) is 7.08. The Hall–Kier alpha value is -7.95. The molecule has 11 aromatic rings. The lowest BCUT2D eigenvalue weighted by Gasteiger charge is -2.26. The third-order valence-electron chi connectivity index (χ3n) is 11.1. The zero-order chi connectivity index (χ0) is 39.1. The average molecular weight is 757 g/mol. The zero-order valence-corrected chi connectivity index (χ0v) is 32.0. The first-order chi connectivity index (χ1) is 29.2. The van der Waals surface area contributed by atoms with Crippen LogP contribution < -0.4 is 4.90 Å². The molecule has 0 saturated heterocycles. The first-order valence-corrected chi connectivity index (χ1v) is 19.9. The van der Waals surface area contributed by atoms with Crippen molar-refractivity contribution < 1.29 is 8.83 Å². The lowest BCUT2D eigenvalue weighted by atomic mass is 9.91. The number of fused-ring (bicyclic) bond motifs is 4. The van der Waals surface area contributed by atoms with Gasteiger partial charge in [-0.1, -0.05) is 146 Å². The van der Waals surface area contributed by atoms with Crippen LogP contribution in [0.4, 0.5) is 17.1 Å². The maximum Gasteiger partial charge on any atom is 0.227 e. The second-order valence-corrected chi connectivity index (χ2v) is 14.8. The van der Waals surface area contributed by atoms with Gasteiger partial charge >= 0.3 is 0 Å². The average Bonchev–Trinajstić information content (AvgIpc) is 3.90. The molecule has 9 aromatic carbocycles. The van der Waals surface area contributed by atoms with E-state index in [9.17, 15) is 0 Å². The molecule has 2 heterocycles. The van der Waals surface area contributed by atoms with Crippen molar-refractivity contribution in [1.82, 2.24) is 4.98 Å². The molecule has 0 amide bonds. The van der Waals surface area contributed by atoms with E-state index in [4.69, 9.17) is 13.8 Å². The highest BCUT2D eigenvalue weighted by Gasteiger charge is 2.19. The Kier molecular flexibility index (Phi) is 8.45. The van der Waals surface area contributed by atoms with E-state index in [1.165, 1.54) is 33.4 Å². The van der Waals surface area contributed by atoms with Crippen LogP contribution in [0.15, 0.2) is 227 Å². The van der Waals surface area contributed by atoms with E-state index in [1.54, 1.807) is 0 Å². The van der Waals surface area contributed by atoms with Crippen molar-refractivity contribution in [1.29, 1.82) is 0 Å². The fourth-order valence-electron chi connectivity index (χ4n) is 8.16. The van der Waals surface area contributed by atoms with Gasteiger partial charge in [-0.25, -0.2) is 4.98 Å². The van der Waals surface area contributed by atoms with E-state index in [-0.39, 0.29) is 0 Å². The molecular formula is C55H36N2O2. The monoisotopic (exact) mass is 756 g/mol. The predicted octanol–water partition coefficient (Wildman–Crippen LogP) is 15.5. The van der Waals surface area contributed by atoms with Gasteiger partial charge in [-0.2, -0.15) is 0 Å². The molecule has 0 saturated carbocycles. The molecule has 2 aromatic heterocycles. The van der Waals surface area contributed by atoms with Gasteiger partial charge in [0.05, 0.1) is 0 Å². The second kappa shape index (κ2) is 14.5. The molecule has 0 bridgehead atoms. The van der Waals surface area contributed by atoms with Crippen LogP contribution in [0.25, 0.3) is 89.0 Å². The molecule has 4 heteroatoms. The number of nitrogens with zero attached hydrogens (tertiary/aromatic N) is 2. The minimum atomic E-state index is 0.598. The van der Waals surface area contributed by atoms with E-state index in [0.29, 0.717) is 5.89 Å². The number of aromatic nitrogens is 1. The van der Waals surface area contributed by atoms with Crippen LogP contribution in [0.5, 0.6) is 0 Å². The van der Waals surface area contributed by atoms with Gasteiger partial charge in [-0.15, -0.1) is 0 Å². The molecule has 11 rings (SSSR count). The van der Waals surface area contributed by atoms with Crippen molar-refractivity contribution in [3.63, 3.8) is 0 Å². The van der Waals surface area contributed by atoms with Crippen molar-refractivity contribution in [3.05, 3.63) is 218 Å². The smallest absolute Gasteiger partial charge is 0.227 e. The first kappa shape index (κ1) is 34.3. The predicted molar refractivity (Wildman–Crippen MR) is 243 cm³/mol. The quantitative estimate of drug-likeness (QED) is 0.155. The van der Waals surface area contributed by atoms with Crippen LogP contribution in [-0.2, 0) is 0 Å². The van der Waals surface area contributed by atoms with Crippen molar-refractivity contribution in [2.24, 2.45) is 0 Å². The maximum absolute atomic E-state index is 6.57. The van der Waals surface area contributed by atoms with Gasteiger partial charge in [0.25, 0.3) is 0 Å². The van der Waals surface area contributed by atoms with Crippen LogP contribution in [0.1, 0.15) is 0 Å². The van der Waals surface area contributed by atoms with Crippen LogP contribution >= 0.6 is 0 Å². The molecule has 59 heavy (non-hydrogen) atoms. The fraction of sp³-hybridized carbons (Fsp3) is 0. The Labute approximate surface area is 341 Å². The Bertz CT molecular complexity index is 3230. The van der Waals surface area contributed by atoms with Crippen molar-refractivity contribution >= 4 is 50.1 Å². The Morgan fingerprint density at radius 2 is 0.797 bits per heavy atom. The highest BCUT2D eigenvalue weighted by atomic mass is 16.4. The molecule has 4 nitrogen and oxygen atoms in total. The summed E-state index contributed by atoms with van der Waals surface area (Å²) in [5.41, 5.74) is 16.5.